The van der Waals surface area contributed by atoms with E-state index in [-0.39, 0.29) is 27.9 Å². The molecular formula is C15H14F3N3O3S. The first-order valence-electron chi connectivity index (χ1n) is 6.95. The highest BCUT2D eigenvalue weighted by Gasteiger charge is 2.30. The molecule has 1 aromatic heterocycles. The van der Waals surface area contributed by atoms with Crippen molar-refractivity contribution in [1.82, 2.24) is 9.78 Å². The summed E-state index contributed by atoms with van der Waals surface area (Å²) in [6.07, 6.45) is 2.65. The van der Waals surface area contributed by atoms with Gasteiger partial charge in [0.1, 0.15) is 0 Å². The summed E-state index contributed by atoms with van der Waals surface area (Å²) >= 11 is -0.267. The number of anilines is 1. The number of aliphatic carboxylic acids is 1. The van der Waals surface area contributed by atoms with Gasteiger partial charge in [0.25, 0.3) is 5.91 Å². The van der Waals surface area contributed by atoms with E-state index in [4.69, 9.17) is 5.11 Å². The second-order valence-electron chi connectivity index (χ2n) is 5.56. The first kappa shape index (κ1) is 18.8. The van der Waals surface area contributed by atoms with Gasteiger partial charge in [-0.2, -0.15) is 18.3 Å². The molecule has 1 amide bonds. The SMILES string of the molecule is CC(C)(C(=O)O)n1cc(NC(=O)c2ccc(SC(F)(F)F)cc2)cn1. The highest BCUT2D eigenvalue weighted by molar-refractivity contribution is 8.00. The van der Waals surface area contributed by atoms with Crippen molar-refractivity contribution in [2.75, 3.05) is 5.32 Å². The smallest absolute Gasteiger partial charge is 0.446 e. The Morgan fingerprint density at radius 3 is 2.32 bits per heavy atom. The molecule has 0 bridgehead atoms. The van der Waals surface area contributed by atoms with Crippen LogP contribution >= 0.6 is 11.8 Å². The Morgan fingerprint density at radius 1 is 1.20 bits per heavy atom. The zero-order valence-corrected chi connectivity index (χ0v) is 14.0. The van der Waals surface area contributed by atoms with Crippen molar-refractivity contribution in [1.29, 1.82) is 0 Å². The number of nitrogens with zero attached hydrogens (tertiary/aromatic N) is 2. The number of hydrogen-bond donors (Lipinski definition) is 2. The number of alkyl halides is 3. The van der Waals surface area contributed by atoms with Crippen LogP contribution in [0.3, 0.4) is 0 Å². The number of nitrogens with one attached hydrogen (secondary N) is 1. The van der Waals surface area contributed by atoms with Crippen molar-refractivity contribution in [3.8, 4) is 0 Å². The lowest BCUT2D eigenvalue weighted by molar-refractivity contribution is -0.146. The molecule has 0 spiro atoms. The predicted octanol–water partition coefficient (Wildman–Crippen LogP) is 3.57. The normalized spacial score (nSPS) is 12.0. The van der Waals surface area contributed by atoms with Crippen LogP contribution in [0, 0.1) is 0 Å². The molecule has 0 saturated heterocycles. The van der Waals surface area contributed by atoms with Gasteiger partial charge in [-0.3, -0.25) is 9.48 Å². The van der Waals surface area contributed by atoms with Crippen molar-refractivity contribution in [2.45, 2.75) is 29.8 Å². The summed E-state index contributed by atoms with van der Waals surface area (Å²) in [5, 5.41) is 15.6. The molecule has 2 N–H and O–H groups in total. The molecular weight excluding hydrogens is 359 g/mol. The summed E-state index contributed by atoms with van der Waals surface area (Å²) < 4.78 is 38.0. The van der Waals surface area contributed by atoms with Crippen LogP contribution in [-0.2, 0) is 10.3 Å². The molecule has 0 atom stereocenters. The first-order chi connectivity index (χ1) is 11.5. The maximum absolute atomic E-state index is 12.3. The van der Waals surface area contributed by atoms with Gasteiger partial charge in [0, 0.05) is 16.7 Å². The van der Waals surface area contributed by atoms with Gasteiger partial charge in [-0.1, -0.05) is 0 Å². The van der Waals surface area contributed by atoms with Gasteiger partial charge < -0.3 is 10.4 Å². The lowest BCUT2D eigenvalue weighted by Crippen LogP contribution is -2.35. The van der Waals surface area contributed by atoms with Crippen LogP contribution in [0.15, 0.2) is 41.6 Å². The van der Waals surface area contributed by atoms with Gasteiger partial charge in [-0.05, 0) is 49.9 Å². The van der Waals surface area contributed by atoms with Crippen LogP contribution in [-0.4, -0.2) is 32.3 Å². The van der Waals surface area contributed by atoms with Gasteiger partial charge in [0.15, 0.2) is 5.54 Å². The minimum absolute atomic E-state index is 0.0277. The number of carboxylic acid groups (broad SMARTS) is 1. The lowest BCUT2D eigenvalue weighted by atomic mass is 10.1. The molecule has 6 nitrogen and oxygen atoms in total. The Morgan fingerprint density at radius 2 is 1.80 bits per heavy atom. The molecule has 0 aliphatic rings. The summed E-state index contributed by atoms with van der Waals surface area (Å²) in [6, 6.07) is 4.94. The summed E-state index contributed by atoms with van der Waals surface area (Å²) in [6.45, 7) is 2.90. The number of carbonyl (C=O) groups is 2. The van der Waals surface area contributed by atoms with E-state index in [2.05, 4.69) is 10.4 Å². The molecule has 2 aromatic rings. The fourth-order valence-electron chi connectivity index (χ4n) is 1.80. The molecule has 0 aliphatic carbocycles. The van der Waals surface area contributed by atoms with Crippen molar-refractivity contribution in [3.05, 3.63) is 42.2 Å². The maximum atomic E-state index is 12.3. The van der Waals surface area contributed by atoms with Crippen molar-refractivity contribution >= 4 is 29.3 Å². The van der Waals surface area contributed by atoms with E-state index in [1.807, 2.05) is 0 Å². The highest BCUT2D eigenvalue weighted by Crippen LogP contribution is 2.36. The number of hydrogen-bond acceptors (Lipinski definition) is 4. The Balaban J connectivity index is 2.08. The largest absolute Gasteiger partial charge is 0.479 e. The standard InChI is InChI=1S/C15H14F3N3O3S/c1-14(2,13(23)24)21-8-10(7-19-21)20-12(22)9-3-5-11(6-4-9)25-15(16,17)18/h3-8H,1-2H3,(H,20,22)(H,23,24). The topological polar surface area (TPSA) is 84.2 Å². The first-order valence-corrected chi connectivity index (χ1v) is 7.76. The Labute approximate surface area is 145 Å². The van der Waals surface area contributed by atoms with Gasteiger partial charge in [0.2, 0.25) is 0 Å². The predicted molar refractivity (Wildman–Crippen MR) is 85.5 cm³/mol. The third-order valence-corrected chi connectivity index (χ3v) is 4.03. The van der Waals surface area contributed by atoms with Crippen LogP contribution < -0.4 is 5.32 Å². The average molecular weight is 373 g/mol. The van der Waals surface area contributed by atoms with Crippen LogP contribution in [0.1, 0.15) is 24.2 Å². The number of thioether (sulfide) groups is 1. The Kier molecular flexibility index (Phi) is 5.12. The van der Waals surface area contributed by atoms with Crippen LogP contribution in [0.5, 0.6) is 0 Å². The van der Waals surface area contributed by atoms with E-state index in [1.54, 1.807) is 0 Å². The monoisotopic (exact) mass is 373 g/mol. The zero-order valence-electron chi connectivity index (χ0n) is 13.2. The van der Waals surface area contributed by atoms with Gasteiger partial charge in [-0.25, -0.2) is 4.79 Å². The van der Waals surface area contributed by atoms with Crippen molar-refractivity contribution in [3.63, 3.8) is 0 Å². The third-order valence-electron chi connectivity index (χ3n) is 3.29. The van der Waals surface area contributed by atoms with Gasteiger partial charge in [-0.15, -0.1) is 0 Å². The number of amides is 1. The molecule has 1 aromatic carbocycles. The number of rotatable bonds is 5. The molecule has 0 fully saturated rings. The molecule has 0 radical (unpaired) electrons. The number of aromatic nitrogens is 2. The van der Waals surface area contributed by atoms with E-state index in [1.165, 1.54) is 55.2 Å². The van der Waals surface area contributed by atoms with Crippen LogP contribution in [0.25, 0.3) is 0 Å². The average Bonchev–Trinajstić information content (AvgIpc) is 2.95. The Hall–Kier alpha value is -2.49. The molecule has 1 heterocycles. The Bertz CT molecular complexity index is 785. The summed E-state index contributed by atoms with van der Waals surface area (Å²) in [5.74, 6) is -1.64. The minimum Gasteiger partial charge on any atom is -0.479 e. The van der Waals surface area contributed by atoms with E-state index in [9.17, 15) is 22.8 Å². The lowest BCUT2D eigenvalue weighted by Gasteiger charge is -2.19. The summed E-state index contributed by atoms with van der Waals surface area (Å²) in [4.78, 5) is 23.3. The number of halogens is 3. The fraction of sp³-hybridized carbons (Fsp3) is 0.267. The molecule has 25 heavy (non-hydrogen) atoms. The quantitative estimate of drug-likeness (QED) is 0.783. The second kappa shape index (κ2) is 6.79. The fourth-order valence-corrected chi connectivity index (χ4v) is 2.34. The van der Waals surface area contributed by atoms with Crippen LogP contribution in [0.4, 0.5) is 18.9 Å². The zero-order chi connectivity index (χ0) is 18.8. The molecule has 2 rings (SSSR count). The number of benzene rings is 1. The number of carboxylic acids is 1. The molecule has 0 saturated carbocycles. The molecule has 134 valence electrons. The summed E-state index contributed by atoms with van der Waals surface area (Å²) in [7, 11) is 0. The number of carbonyl (C=O) groups excluding carboxylic acids is 1. The van der Waals surface area contributed by atoms with E-state index >= 15 is 0 Å². The maximum Gasteiger partial charge on any atom is 0.446 e. The summed E-state index contributed by atoms with van der Waals surface area (Å²) in [5.41, 5.74) is -5.25. The van der Waals surface area contributed by atoms with E-state index in [0.717, 1.165) is 0 Å². The molecule has 0 aliphatic heterocycles. The van der Waals surface area contributed by atoms with E-state index in [0.29, 0.717) is 0 Å². The van der Waals surface area contributed by atoms with Gasteiger partial charge in [0.05, 0.1) is 11.9 Å². The van der Waals surface area contributed by atoms with Crippen molar-refractivity contribution < 1.29 is 27.9 Å². The molecule has 10 heteroatoms. The van der Waals surface area contributed by atoms with E-state index < -0.39 is 22.9 Å². The molecule has 0 unspecified atom stereocenters. The van der Waals surface area contributed by atoms with Gasteiger partial charge >= 0.3 is 11.5 Å². The van der Waals surface area contributed by atoms with Crippen molar-refractivity contribution in [2.24, 2.45) is 0 Å². The highest BCUT2D eigenvalue weighted by atomic mass is 32.2. The third kappa shape index (κ3) is 4.75. The van der Waals surface area contributed by atoms with Crippen LogP contribution in [0.2, 0.25) is 0 Å². The second-order valence-corrected chi connectivity index (χ2v) is 6.70. The minimum atomic E-state index is -4.39.